The van der Waals surface area contributed by atoms with Gasteiger partial charge < -0.3 is 4.74 Å². The summed E-state index contributed by atoms with van der Waals surface area (Å²) in [5, 5.41) is 0. The van der Waals surface area contributed by atoms with Crippen molar-refractivity contribution >= 4 is 45.2 Å². The molecule has 3 unspecified atom stereocenters. The van der Waals surface area contributed by atoms with E-state index < -0.39 is 5.97 Å². The highest BCUT2D eigenvalue weighted by Gasteiger charge is 2.49. The van der Waals surface area contributed by atoms with Crippen LogP contribution in [0.2, 0.25) is 0 Å². The Kier molecular flexibility index (Phi) is 6.05. The van der Waals surface area contributed by atoms with E-state index in [0.29, 0.717) is 17.2 Å². The van der Waals surface area contributed by atoms with Crippen LogP contribution in [0.5, 0.6) is 0 Å². The number of ketones is 1. The highest BCUT2D eigenvalue weighted by atomic mass is 79.9. The average molecular weight is 484 g/mol. The number of esters is 1. The second kappa shape index (κ2) is 8.75. The molecular weight excluding hydrogens is 462 g/mol. The number of hydrogen-bond donors (Lipinski definition) is 0. The molecule has 1 saturated carbocycles. The molecule has 0 bridgehead atoms. The maximum atomic E-state index is 12.8. The van der Waals surface area contributed by atoms with Gasteiger partial charge in [0.05, 0.1) is 23.1 Å². The van der Waals surface area contributed by atoms with E-state index in [1.165, 1.54) is 17.0 Å². The van der Waals surface area contributed by atoms with Gasteiger partial charge in [-0.05, 0) is 61.6 Å². The number of fused-ring (bicyclic) bond motifs is 1. The third-order valence-electron chi connectivity index (χ3n) is 6.05. The number of carbonyl (C=O) groups is 4. The van der Waals surface area contributed by atoms with Crippen LogP contribution in [-0.2, 0) is 14.3 Å². The van der Waals surface area contributed by atoms with Crippen LogP contribution in [0.1, 0.15) is 46.9 Å². The second-order valence-corrected chi connectivity index (χ2v) is 9.11. The molecule has 0 aromatic heterocycles. The van der Waals surface area contributed by atoms with Crippen molar-refractivity contribution in [3.8, 4) is 0 Å². The Morgan fingerprint density at radius 2 is 1.55 bits per heavy atom. The summed E-state index contributed by atoms with van der Waals surface area (Å²) in [6.45, 7) is 1.74. The first kappa shape index (κ1) is 21.4. The van der Waals surface area contributed by atoms with Gasteiger partial charge in [0.2, 0.25) is 11.8 Å². The molecule has 1 aliphatic heterocycles. The number of ether oxygens (including phenoxy) is 1. The number of nitrogens with zero attached hydrogens (tertiary/aromatic N) is 1. The first-order valence-corrected chi connectivity index (χ1v) is 11.1. The lowest BCUT2D eigenvalue weighted by Crippen LogP contribution is -2.30. The topological polar surface area (TPSA) is 80.8 Å². The van der Waals surface area contributed by atoms with E-state index in [1.807, 2.05) is 0 Å². The quantitative estimate of drug-likeness (QED) is 0.357. The maximum Gasteiger partial charge on any atom is 0.338 e. The van der Waals surface area contributed by atoms with E-state index in [-0.39, 0.29) is 41.6 Å². The van der Waals surface area contributed by atoms with Crippen LogP contribution in [0.3, 0.4) is 0 Å². The molecule has 3 atom stereocenters. The van der Waals surface area contributed by atoms with Crippen LogP contribution in [0, 0.1) is 17.8 Å². The van der Waals surface area contributed by atoms with Gasteiger partial charge in [-0.15, -0.1) is 0 Å². The van der Waals surface area contributed by atoms with Gasteiger partial charge in [0.15, 0.2) is 12.4 Å². The zero-order chi connectivity index (χ0) is 22.1. The summed E-state index contributed by atoms with van der Waals surface area (Å²) in [7, 11) is 0. The van der Waals surface area contributed by atoms with E-state index in [0.717, 1.165) is 23.7 Å². The van der Waals surface area contributed by atoms with Crippen LogP contribution in [-0.4, -0.2) is 30.2 Å². The van der Waals surface area contributed by atoms with Gasteiger partial charge in [-0.2, -0.15) is 0 Å². The van der Waals surface area contributed by atoms with Crippen LogP contribution in [0.25, 0.3) is 0 Å². The van der Waals surface area contributed by atoms with Gasteiger partial charge in [0.25, 0.3) is 0 Å². The molecule has 2 amide bonds. The van der Waals surface area contributed by atoms with Crippen LogP contribution >= 0.6 is 15.9 Å². The number of amides is 2. The lowest BCUT2D eigenvalue weighted by atomic mass is 9.76. The van der Waals surface area contributed by atoms with E-state index >= 15 is 0 Å². The second-order valence-electron chi connectivity index (χ2n) is 8.20. The van der Waals surface area contributed by atoms with Crippen molar-refractivity contribution in [1.82, 2.24) is 0 Å². The molecule has 160 valence electrons. The van der Waals surface area contributed by atoms with Crippen molar-refractivity contribution in [2.75, 3.05) is 11.5 Å². The predicted molar refractivity (Wildman–Crippen MR) is 118 cm³/mol. The summed E-state index contributed by atoms with van der Waals surface area (Å²) in [5.41, 5.74) is 1.16. The SMILES string of the molecule is CC1CCC2C(=O)N(c3ccc(C(=O)OCC(=O)c4ccc(Br)cc4)cc3)C(=O)C2C1. The normalized spacial score (nSPS) is 22.9. The van der Waals surface area contributed by atoms with Gasteiger partial charge in [0, 0.05) is 10.0 Å². The summed E-state index contributed by atoms with van der Waals surface area (Å²) in [6.07, 6.45) is 2.43. The smallest absolute Gasteiger partial charge is 0.338 e. The molecule has 4 rings (SSSR count). The molecule has 2 aromatic carbocycles. The van der Waals surface area contributed by atoms with Gasteiger partial charge in [0.1, 0.15) is 0 Å². The molecule has 0 spiro atoms. The van der Waals surface area contributed by atoms with Crippen LogP contribution < -0.4 is 4.90 Å². The molecule has 2 fully saturated rings. The minimum absolute atomic E-state index is 0.155. The van der Waals surface area contributed by atoms with Crippen molar-refractivity contribution in [3.63, 3.8) is 0 Å². The maximum absolute atomic E-state index is 12.8. The van der Waals surface area contributed by atoms with E-state index in [2.05, 4.69) is 22.9 Å². The number of carbonyl (C=O) groups excluding carboxylic acids is 4. The molecule has 6 nitrogen and oxygen atoms in total. The van der Waals surface area contributed by atoms with Crippen LogP contribution in [0.4, 0.5) is 5.69 Å². The van der Waals surface area contributed by atoms with Crippen molar-refractivity contribution in [1.29, 1.82) is 0 Å². The van der Waals surface area contributed by atoms with Gasteiger partial charge in [-0.1, -0.05) is 35.0 Å². The van der Waals surface area contributed by atoms with Gasteiger partial charge in [-0.3, -0.25) is 19.3 Å². The zero-order valence-corrected chi connectivity index (χ0v) is 18.6. The van der Waals surface area contributed by atoms with Crippen LogP contribution in [0.15, 0.2) is 53.0 Å². The van der Waals surface area contributed by atoms with E-state index in [9.17, 15) is 19.2 Å². The minimum atomic E-state index is -0.640. The number of halogens is 1. The minimum Gasteiger partial charge on any atom is -0.454 e. The summed E-state index contributed by atoms with van der Waals surface area (Å²) >= 11 is 3.30. The first-order valence-electron chi connectivity index (χ1n) is 10.3. The van der Waals surface area contributed by atoms with Crippen molar-refractivity contribution in [2.45, 2.75) is 26.2 Å². The molecule has 31 heavy (non-hydrogen) atoms. The molecular formula is C24H22BrNO5. The van der Waals surface area contributed by atoms with E-state index in [1.54, 1.807) is 36.4 Å². The Labute approximate surface area is 188 Å². The summed E-state index contributed by atoms with van der Waals surface area (Å²) in [4.78, 5) is 51.3. The molecule has 2 aromatic rings. The van der Waals surface area contributed by atoms with E-state index in [4.69, 9.17) is 4.74 Å². The Morgan fingerprint density at radius 3 is 2.23 bits per heavy atom. The molecule has 1 saturated heterocycles. The average Bonchev–Trinajstić information content (AvgIpc) is 3.02. The predicted octanol–water partition coefficient (Wildman–Crippen LogP) is 4.41. The summed E-state index contributed by atoms with van der Waals surface area (Å²) < 4.78 is 5.98. The number of hydrogen-bond acceptors (Lipinski definition) is 5. The number of Topliss-reactive ketones (excluding diaryl/α,β-unsaturated/α-hetero) is 1. The Morgan fingerprint density at radius 1 is 0.935 bits per heavy atom. The fraction of sp³-hybridized carbons (Fsp3) is 0.333. The molecule has 2 aliphatic rings. The van der Waals surface area contributed by atoms with Crippen molar-refractivity contribution in [2.24, 2.45) is 17.8 Å². The molecule has 1 heterocycles. The van der Waals surface area contributed by atoms with Gasteiger partial charge in [-0.25, -0.2) is 4.79 Å². The molecule has 7 heteroatoms. The number of rotatable bonds is 5. The Bertz CT molecular complexity index is 1030. The number of benzene rings is 2. The molecule has 0 N–H and O–H groups in total. The largest absolute Gasteiger partial charge is 0.454 e. The monoisotopic (exact) mass is 483 g/mol. The third-order valence-corrected chi connectivity index (χ3v) is 6.58. The highest BCUT2D eigenvalue weighted by Crippen LogP contribution is 2.42. The number of anilines is 1. The summed E-state index contributed by atoms with van der Waals surface area (Å²) in [5.74, 6) is -1.30. The third kappa shape index (κ3) is 4.32. The number of imide groups is 1. The Hall–Kier alpha value is -2.80. The zero-order valence-electron chi connectivity index (χ0n) is 17.0. The standard InChI is InChI=1S/C24H22BrNO5/c1-14-2-11-19-20(12-14)23(29)26(22(19)28)18-9-5-16(6-10-18)24(30)31-13-21(27)15-3-7-17(25)8-4-15/h3-10,14,19-20H,2,11-13H2,1H3. The fourth-order valence-corrected chi connectivity index (χ4v) is 4.59. The molecule has 0 radical (unpaired) electrons. The fourth-order valence-electron chi connectivity index (χ4n) is 4.32. The lowest BCUT2D eigenvalue weighted by molar-refractivity contribution is -0.122. The lowest BCUT2D eigenvalue weighted by Gasteiger charge is -2.25. The molecule has 1 aliphatic carbocycles. The van der Waals surface area contributed by atoms with Crippen molar-refractivity contribution < 1.29 is 23.9 Å². The Balaban J connectivity index is 1.40. The highest BCUT2D eigenvalue weighted by molar-refractivity contribution is 9.10. The summed E-state index contributed by atoms with van der Waals surface area (Å²) in [6, 6.07) is 12.9. The van der Waals surface area contributed by atoms with Crippen molar-refractivity contribution in [3.05, 3.63) is 64.1 Å². The first-order chi connectivity index (χ1) is 14.8. The van der Waals surface area contributed by atoms with Gasteiger partial charge >= 0.3 is 5.97 Å².